The molecule has 1 fully saturated rings. The summed E-state index contributed by atoms with van der Waals surface area (Å²) in [5.74, 6) is 0.166. The quantitative estimate of drug-likeness (QED) is 0.931. The number of hydrogen-bond acceptors (Lipinski definition) is 3. The summed E-state index contributed by atoms with van der Waals surface area (Å²) in [6.45, 7) is 1.99. The van der Waals surface area contributed by atoms with Gasteiger partial charge in [0, 0.05) is 19.3 Å². The van der Waals surface area contributed by atoms with Crippen molar-refractivity contribution in [2.75, 3.05) is 20.1 Å². The van der Waals surface area contributed by atoms with Crippen molar-refractivity contribution in [1.82, 2.24) is 20.0 Å². The Morgan fingerprint density at radius 2 is 2.00 bits per heavy atom. The SMILES string of the molecule is CN(C(=O)Cc1cnn(-c2ccccc2)c1)C1CCNCC1.Cl. The zero-order valence-corrected chi connectivity index (χ0v) is 14.1. The van der Waals surface area contributed by atoms with E-state index in [1.807, 2.05) is 53.2 Å². The van der Waals surface area contributed by atoms with Gasteiger partial charge in [0.2, 0.25) is 5.91 Å². The van der Waals surface area contributed by atoms with Crippen LogP contribution in [0.1, 0.15) is 18.4 Å². The average molecular weight is 335 g/mol. The molecule has 1 N–H and O–H groups in total. The van der Waals surface area contributed by atoms with Gasteiger partial charge in [-0.1, -0.05) is 18.2 Å². The molecule has 1 saturated heterocycles. The van der Waals surface area contributed by atoms with Gasteiger partial charge in [0.05, 0.1) is 18.3 Å². The van der Waals surface area contributed by atoms with E-state index in [1.165, 1.54) is 0 Å². The lowest BCUT2D eigenvalue weighted by Crippen LogP contribution is -2.44. The van der Waals surface area contributed by atoms with Crippen molar-refractivity contribution in [3.63, 3.8) is 0 Å². The van der Waals surface area contributed by atoms with Crippen LogP contribution in [0.4, 0.5) is 0 Å². The van der Waals surface area contributed by atoms with E-state index in [0.29, 0.717) is 12.5 Å². The molecule has 2 heterocycles. The van der Waals surface area contributed by atoms with Gasteiger partial charge in [-0.05, 0) is 43.6 Å². The predicted molar refractivity (Wildman–Crippen MR) is 93.2 cm³/mol. The van der Waals surface area contributed by atoms with Gasteiger partial charge < -0.3 is 10.2 Å². The second-order valence-corrected chi connectivity index (χ2v) is 5.79. The zero-order chi connectivity index (χ0) is 15.4. The minimum Gasteiger partial charge on any atom is -0.342 e. The van der Waals surface area contributed by atoms with Crippen molar-refractivity contribution in [1.29, 1.82) is 0 Å². The number of hydrogen-bond donors (Lipinski definition) is 1. The van der Waals surface area contributed by atoms with Gasteiger partial charge in [0.1, 0.15) is 0 Å². The lowest BCUT2D eigenvalue weighted by Gasteiger charge is -2.31. The number of carbonyl (C=O) groups excluding carboxylic acids is 1. The van der Waals surface area contributed by atoms with Crippen molar-refractivity contribution < 1.29 is 4.79 Å². The second-order valence-electron chi connectivity index (χ2n) is 5.79. The Hall–Kier alpha value is -1.85. The van der Waals surface area contributed by atoms with Crippen LogP contribution in [0, 0.1) is 0 Å². The predicted octanol–water partition coefficient (Wildman–Crippen LogP) is 2.05. The Bertz CT molecular complexity index is 623. The standard InChI is InChI=1S/C17H22N4O.ClH/c1-20(15-7-9-18-10-8-15)17(22)11-14-12-19-21(13-14)16-5-3-2-4-6-16;/h2-6,12-13,15,18H,7-11H2,1H3;1H. The smallest absolute Gasteiger partial charge is 0.227 e. The highest BCUT2D eigenvalue weighted by Crippen LogP contribution is 2.13. The van der Waals surface area contributed by atoms with Gasteiger partial charge in [-0.3, -0.25) is 4.79 Å². The van der Waals surface area contributed by atoms with Gasteiger partial charge in [-0.2, -0.15) is 5.10 Å². The molecule has 0 radical (unpaired) electrons. The molecule has 3 rings (SSSR count). The van der Waals surface area contributed by atoms with Crippen LogP contribution < -0.4 is 5.32 Å². The lowest BCUT2D eigenvalue weighted by molar-refractivity contribution is -0.131. The summed E-state index contributed by atoms with van der Waals surface area (Å²) in [4.78, 5) is 14.3. The van der Waals surface area contributed by atoms with Gasteiger partial charge >= 0.3 is 0 Å². The molecule has 2 aromatic rings. The Morgan fingerprint density at radius 1 is 1.30 bits per heavy atom. The van der Waals surface area contributed by atoms with Crippen LogP contribution in [0.15, 0.2) is 42.7 Å². The van der Waals surface area contributed by atoms with Gasteiger partial charge in [0.15, 0.2) is 0 Å². The topological polar surface area (TPSA) is 50.2 Å². The molecule has 0 unspecified atom stereocenters. The molecule has 1 aromatic heterocycles. The first-order chi connectivity index (χ1) is 10.7. The maximum Gasteiger partial charge on any atom is 0.227 e. The lowest BCUT2D eigenvalue weighted by atomic mass is 10.0. The highest BCUT2D eigenvalue weighted by Gasteiger charge is 2.22. The van der Waals surface area contributed by atoms with Crippen LogP contribution in [0.5, 0.6) is 0 Å². The normalized spacial score (nSPS) is 15.0. The Kier molecular flexibility index (Phi) is 6.19. The fraction of sp³-hybridized carbons (Fsp3) is 0.412. The molecule has 1 amide bonds. The number of piperidine rings is 1. The van der Waals surface area contributed by atoms with E-state index in [1.54, 1.807) is 6.20 Å². The molecule has 23 heavy (non-hydrogen) atoms. The highest BCUT2D eigenvalue weighted by molar-refractivity contribution is 5.85. The Balaban J connectivity index is 0.00000192. The maximum atomic E-state index is 12.4. The third-order valence-corrected chi connectivity index (χ3v) is 4.26. The van der Waals surface area contributed by atoms with Gasteiger partial charge in [0.25, 0.3) is 0 Å². The van der Waals surface area contributed by atoms with Crippen LogP contribution in [-0.2, 0) is 11.2 Å². The number of carbonyl (C=O) groups is 1. The third kappa shape index (κ3) is 4.33. The van der Waals surface area contributed by atoms with Crippen LogP contribution in [0.25, 0.3) is 5.69 Å². The van der Waals surface area contributed by atoms with E-state index in [9.17, 15) is 4.79 Å². The van der Waals surface area contributed by atoms with Gasteiger partial charge in [-0.25, -0.2) is 4.68 Å². The molecule has 6 heteroatoms. The number of aromatic nitrogens is 2. The summed E-state index contributed by atoms with van der Waals surface area (Å²) in [5, 5.41) is 7.68. The van der Waals surface area contributed by atoms with Crippen molar-refractivity contribution in [3.8, 4) is 5.69 Å². The second kappa shape index (κ2) is 8.13. The largest absolute Gasteiger partial charge is 0.342 e. The fourth-order valence-electron chi connectivity index (χ4n) is 2.87. The zero-order valence-electron chi connectivity index (χ0n) is 13.3. The van der Waals surface area contributed by atoms with E-state index in [0.717, 1.165) is 37.2 Å². The molecule has 1 aliphatic heterocycles. The Labute approximate surface area is 143 Å². The molecule has 124 valence electrons. The van der Waals surface area contributed by atoms with E-state index >= 15 is 0 Å². The van der Waals surface area contributed by atoms with E-state index in [4.69, 9.17) is 0 Å². The van der Waals surface area contributed by atoms with Crippen molar-refractivity contribution in [2.45, 2.75) is 25.3 Å². The molecule has 5 nitrogen and oxygen atoms in total. The van der Waals surface area contributed by atoms with Gasteiger partial charge in [-0.15, -0.1) is 12.4 Å². The minimum atomic E-state index is 0. The van der Waals surface area contributed by atoms with E-state index in [-0.39, 0.29) is 18.3 Å². The molecular weight excluding hydrogens is 312 g/mol. The monoisotopic (exact) mass is 334 g/mol. The van der Waals surface area contributed by atoms with Crippen molar-refractivity contribution in [3.05, 3.63) is 48.3 Å². The minimum absolute atomic E-state index is 0. The number of benzene rings is 1. The van der Waals surface area contributed by atoms with E-state index < -0.39 is 0 Å². The molecule has 1 aliphatic rings. The summed E-state index contributed by atoms with van der Waals surface area (Å²) >= 11 is 0. The summed E-state index contributed by atoms with van der Waals surface area (Å²) in [6, 6.07) is 10.3. The van der Waals surface area contributed by atoms with Crippen LogP contribution in [0.2, 0.25) is 0 Å². The summed E-state index contributed by atoms with van der Waals surface area (Å²) in [6.07, 6.45) is 6.19. The number of rotatable bonds is 4. The van der Waals surface area contributed by atoms with Crippen LogP contribution in [-0.4, -0.2) is 46.8 Å². The first-order valence-electron chi connectivity index (χ1n) is 7.79. The third-order valence-electron chi connectivity index (χ3n) is 4.26. The number of amides is 1. The summed E-state index contributed by atoms with van der Waals surface area (Å²) < 4.78 is 1.81. The molecule has 0 saturated carbocycles. The fourth-order valence-corrected chi connectivity index (χ4v) is 2.87. The van der Waals surface area contributed by atoms with Crippen LogP contribution in [0.3, 0.4) is 0 Å². The molecule has 0 aliphatic carbocycles. The number of para-hydroxylation sites is 1. The maximum absolute atomic E-state index is 12.4. The number of halogens is 1. The molecule has 0 bridgehead atoms. The van der Waals surface area contributed by atoms with E-state index in [2.05, 4.69) is 10.4 Å². The van der Waals surface area contributed by atoms with Crippen molar-refractivity contribution >= 4 is 18.3 Å². The number of likely N-dealkylation sites (N-methyl/N-ethyl adjacent to an activating group) is 1. The molecule has 0 atom stereocenters. The first-order valence-corrected chi connectivity index (χ1v) is 7.79. The first kappa shape index (κ1) is 17.5. The number of nitrogens with one attached hydrogen (secondary N) is 1. The number of nitrogens with zero attached hydrogens (tertiary/aromatic N) is 3. The molecule has 1 aromatic carbocycles. The van der Waals surface area contributed by atoms with Crippen LogP contribution >= 0.6 is 12.4 Å². The average Bonchev–Trinajstić information content (AvgIpc) is 3.04. The van der Waals surface area contributed by atoms with Crippen molar-refractivity contribution in [2.24, 2.45) is 0 Å². The molecule has 0 spiro atoms. The summed E-state index contributed by atoms with van der Waals surface area (Å²) in [5.41, 5.74) is 1.96. The Morgan fingerprint density at radius 3 is 2.70 bits per heavy atom. The highest BCUT2D eigenvalue weighted by atomic mass is 35.5. The summed E-state index contributed by atoms with van der Waals surface area (Å²) in [7, 11) is 1.92. The molecular formula is C17H23ClN4O.